The van der Waals surface area contributed by atoms with Gasteiger partial charge in [0.05, 0.1) is 13.2 Å². The maximum atomic E-state index is 5.39. The molecule has 1 aliphatic rings. The second-order valence-electron chi connectivity index (χ2n) is 5.51. The molecule has 3 rings (SSSR count). The van der Waals surface area contributed by atoms with E-state index < -0.39 is 0 Å². The van der Waals surface area contributed by atoms with Gasteiger partial charge in [-0.15, -0.1) is 0 Å². The Morgan fingerprint density at radius 1 is 1.15 bits per heavy atom. The van der Waals surface area contributed by atoms with Crippen molar-refractivity contribution in [2.45, 2.75) is 26.3 Å². The van der Waals surface area contributed by atoms with E-state index in [2.05, 4.69) is 46.9 Å². The van der Waals surface area contributed by atoms with Crippen LogP contribution in [0, 0.1) is 0 Å². The third kappa shape index (κ3) is 2.89. The van der Waals surface area contributed by atoms with Crippen molar-refractivity contribution >= 4 is 10.9 Å². The number of nitrogens with zero attached hydrogens (tertiary/aromatic N) is 2. The lowest BCUT2D eigenvalue weighted by Crippen LogP contribution is -2.36. The number of fused-ring (bicyclic) bond motifs is 1. The van der Waals surface area contributed by atoms with Crippen LogP contribution in [0.15, 0.2) is 30.5 Å². The molecule has 1 aromatic carbocycles. The van der Waals surface area contributed by atoms with Gasteiger partial charge in [0.25, 0.3) is 0 Å². The molecule has 0 aliphatic carbocycles. The fraction of sp³-hybridized carbons (Fsp3) is 0.529. The van der Waals surface area contributed by atoms with Crippen LogP contribution < -0.4 is 0 Å². The minimum Gasteiger partial charge on any atom is -0.379 e. The van der Waals surface area contributed by atoms with Gasteiger partial charge in [-0.3, -0.25) is 4.90 Å². The molecule has 1 aromatic heterocycles. The van der Waals surface area contributed by atoms with E-state index in [0.717, 1.165) is 32.8 Å². The Bertz CT molecular complexity index is 555. The Morgan fingerprint density at radius 3 is 2.80 bits per heavy atom. The van der Waals surface area contributed by atoms with Crippen LogP contribution in [0.2, 0.25) is 0 Å². The fourth-order valence-electron chi connectivity index (χ4n) is 3.10. The number of rotatable bonds is 5. The van der Waals surface area contributed by atoms with Gasteiger partial charge in [-0.25, -0.2) is 0 Å². The summed E-state index contributed by atoms with van der Waals surface area (Å²) in [6.07, 6.45) is 4.61. The standard InChI is InChI=1S/C17H24N2O/c1-2-19-10-8-16-15(5-3-7-17(16)19)6-4-9-18-11-13-20-14-12-18/h3,5,7-8,10H,2,4,6,9,11-14H2,1H3. The first kappa shape index (κ1) is 13.7. The fourth-order valence-corrected chi connectivity index (χ4v) is 3.10. The van der Waals surface area contributed by atoms with Gasteiger partial charge in [-0.1, -0.05) is 12.1 Å². The van der Waals surface area contributed by atoms with E-state index in [1.54, 1.807) is 0 Å². The monoisotopic (exact) mass is 272 g/mol. The van der Waals surface area contributed by atoms with Crippen molar-refractivity contribution in [2.24, 2.45) is 0 Å². The third-order valence-corrected chi connectivity index (χ3v) is 4.27. The molecule has 0 atom stereocenters. The zero-order valence-corrected chi connectivity index (χ0v) is 12.3. The number of aromatic nitrogens is 1. The molecule has 2 aromatic rings. The number of hydrogen-bond donors (Lipinski definition) is 0. The third-order valence-electron chi connectivity index (χ3n) is 4.27. The molecule has 0 saturated carbocycles. The molecule has 0 radical (unpaired) electrons. The molecule has 0 bridgehead atoms. The number of morpholine rings is 1. The summed E-state index contributed by atoms with van der Waals surface area (Å²) in [5.74, 6) is 0. The normalized spacial score (nSPS) is 16.9. The molecule has 0 unspecified atom stereocenters. The molecule has 2 heterocycles. The van der Waals surface area contributed by atoms with Crippen LogP contribution in [0.1, 0.15) is 18.9 Å². The molecule has 108 valence electrons. The Kier molecular flexibility index (Phi) is 4.38. The van der Waals surface area contributed by atoms with Crippen LogP contribution in [-0.4, -0.2) is 42.3 Å². The summed E-state index contributed by atoms with van der Waals surface area (Å²) in [5, 5.41) is 1.43. The summed E-state index contributed by atoms with van der Waals surface area (Å²) in [4.78, 5) is 2.51. The van der Waals surface area contributed by atoms with Crippen molar-refractivity contribution in [3.63, 3.8) is 0 Å². The lowest BCUT2D eigenvalue weighted by atomic mass is 10.1. The second-order valence-corrected chi connectivity index (χ2v) is 5.51. The van der Waals surface area contributed by atoms with Gasteiger partial charge >= 0.3 is 0 Å². The highest BCUT2D eigenvalue weighted by atomic mass is 16.5. The van der Waals surface area contributed by atoms with E-state index in [9.17, 15) is 0 Å². The number of benzene rings is 1. The Balaban J connectivity index is 1.63. The predicted molar refractivity (Wildman–Crippen MR) is 83.2 cm³/mol. The Hall–Kier alpha value is -1.32. The van der Waals surface area contributed by atoms with Gasteiger partial charge in [0.1, 0.15) is 0 Å². The lowest BCUT2D eigenvalue weighted by molar-refractivity contribution is 0.0375. The second kappa shape index (κ2) is 6.42. The zero-order chi connectivity index (χ0) is 13.8. The number of aryl methyl sites for hydroxylation is 2. The largest absolute Gasteiger partial charge is 0.379 e. The molecule has 0 amide bonds. The van der Waals surface area contributed by atoms with E-state index in [-0.39, 0.29) is 0 Å². The number of hydrogen-bond acceptors (Lipinski definition) is 2. The average molecular weight is 272 g/mol. The van der Waals surface area contributed by atoms with E-state index in [0.29, 0.717) is 0 Å². The predicted octanol–water partition coefficient (Wildman–Crippen LogP) is 2.93. The molecule has 0 spiro atoms. The highest BCUT2D eigenvalue weighted by Gasteiger charge is 2.10. The number of ether oxygens (including phenoxy) is 1. The molecule has 3 heteroatoms. The van der Waals surface area contributed by atoms with Crippen LogP contribution in [0.3, 0.4) is 0 Å². The highest BCUT2D eigenvalue weighted by molar-refractivity contribution is 5.83. The minimum atomic E-state index is 0.898. The van der Waals surface area contributed by atoms with E-state index in [1.165, 1.54) is 35.9 Å². The van der Waals surface area contributed by atoms with Gasteiger partial charge in [0.15, 0.2) is 0 Å². The summed E-state index contributed by atoms with van der Waals surface area (Å²) in [5.41, 5.74) is 2.86. The highest BCUT2D eigenvalue weighted by Crippen LogP contribution is 2.21. The molecule has 1 aliphatic heterocycles. The maximum Gasteiger partial charge on any atom is 0.0594 e. The summed E-state index contributed by atoms with van der Waals surface area (Å²) in [7, 11) is 0. The summed E-state index contributed by atoms with van der Waals surface area (Å²) >= 11 is 0. The zero-order valence-electron chi connectivity index (χ0n) is 12.3. The van der Waals surface area contributed by atoms with Crippen LogP contribution in [0.5, 0.6) is 0 Å². The Morgan fingerprint density at radius 2 is 2.00 bits per heavy atom. The van der Waals surface area contributed by atoms with Gasteiger partial charge in [-0.2, -0.15) is 0 Å². The summed E-state index contributed by atoms with van der Waals surface area (Å²) in [6.45, 7) is 8.41. The Labute approximate surface area is 121 Å². The van der Waals surface area contributed by atoms with Crippen LogP contribution in [-0.2, 0) is 17.7 Å². The van der Waals surface area contributed by atoms with Crippen molar-refractivity contribution < 1.29 is 4.74 Å². The average Bonchev–Trinajstić information content (AvgIpc) is 2.92. The van der Waals surface area contributed by atoms with Crippen molar-refractivity contribution in [1.82, 2.24) is 9.47 Å². The molecular formula is C17H24N2O. The molecule has 3 nitrogen and oxygen atoms in total. The topological polar surface area (TPSA) is 17.4 Å². The van der Waals surface area contributed by atoms with Gasteiger partial charge in [-0.05, 0) is 44.0 Å². The quantitative estimate of drug-likeness (QED) is 0.832. The minimum absolute atomic E-state index is 0.898. The molecule has 0 N–H and O–H groups in total. The van der Waals surface area contributed by atoms with Gasteiger partial charge in [0, 0.05) is 36.7 Å². The van der Waals surface area contributed by atoms with Crippen molar-refractivity contribution in [3.8, 4) is 0 Å². The molecule has 1 fully saturated rings. The molecule has 1 saturated heterocycles. The lowest BCUT2D eigenvalue weighted by Gasteiger charge is -2.26. The first-order valence-electron chi connectivity index (χ1n) is 7.75. The van der Waals surface area contributed by atoms with Gasteiger partial charge < -0.3 is 9.30 Å². The van der Waals surface area contributed by atoms with Crippen LogP contribution in [0.4, 0.5) is 0 Å². The van der Waals surface area contributed by atoms with Crippen molar-refractivity contribution in [1.29, 1.82) is 0 Å². The van der Waals surface area contributed by atoms with Crippen LogP contribution >= 0.6 is 0 Å². The maximum absolute atomic E-state index is 5.39. The van der Waals surface area contributed by atoms with E-state index >= 15 is 0 Å². The summed E-state index contributed by atoms with van der Waals surface area (Å²) < 4.78 is 7.71. The first-order chi connectivity index (χ1) is 9.88. The smallest absolute Gasteiger partial charge is 0.0594 e. The summed E-state index contributed by atoms with van der Waals surface area (Å²) in [6, 6.07) is 8.97. The van der Waals surface area contributed by atoms with Crippen molar-refractivity contribution in [3.05, 3.63) is 36.0 Å². The van der Waals surface area contributed by atoms with Crippen LogP contribution in [0.25, 0.3) is 10.9 Å². The SMILES string of the molecule is CCn1ccc2c(CCCN3CCOCC3)cccc21. The van der Waals surface area contributed by atoms with E-state index in [1.807, 2.05) is 0 Å². The first-order valence-corrected chi connectivity index (χ1v) is 7.75. The molecule has 20 heavy (non-hydrogen) atoms. The van der Waals surface area contributed by atoms with Gasteiger partial charge in [0.2, 0.25) is 0 Å². The molecular weight excluding hydrogens is 248 g/mol. The van der Waals surface area contributed by atoms with E-state index in [4.69, 9.17) is 4.74 Å². The van der Waals surface area contributed by atoms with Crippen molar-refractivity contribution in [2.75, 3.05) is 32.8 Å².